The van der Waals surface area contributed by atoms with E-state index in [0.29, 0.717) is 5.75 Å². The molecule has 0 radical (unpaired) electrons. The van der Waals surface area contributed by atoms with E-state index < -0.39 is 17.7 Å². The average Bonchev–Trinajstić information content (AvgIpc) is 2.45. The van der Waals surface area contributed by atoms with Crippen LogP contribution in [0.3, 0.4) is 0 Å². The number of phenols is 1. The van der Waals surface area contributed by atoms with Crippen LogP contribution >= 0.6 is 0 Å². The molecule has 0 aliphatic heterocycles. The topological polar surface area (TPSA) is 57.5 Å². The fourth-order valence-corrected chi connectivity index (χ4v) is 1.50. The van der Waals surface area contributed by atoms with Crippen LogP contribution in [0.2, 0.25) is 0 Å². The minimum atomic E-state index is -4.81. The van der Waals surface area contributed by atoms with Crippen LogP contribution in [-0.4, -0.2) is 22.4 Å². The largest absolute Gasteiger partial charge is 0.508 e. The lowest BCUT2D eigenvalue weighted by molar-refractivity contribution is -0.144. The van der Waals surface area contributed by atoms with E-state index in [1.807, 2.05) is 30.3 Å². The zero-order valence-corrected chi connectivity index (χ0v) is 11.4. The summed E-state index contributed by atoms with van der Waals surface area (Å²) in [5.74, 6) is -1.73. The molecule has 0 aliphatic rings. The Labute approximate surface area is 124 Å². The molecule has 0 aliphatic carbocycles. The van der Waals surface area contributed by atoms with Gasteiger partial charge in [0.2, 0.25) is 0 Å². The summed E-state index contributed by atoms with van der Waals surface area (Å²) < 4.78 is 33.7. The molecule has 2 aromatic carbocycles. The number of rotatable bonds is 2. The normalized spacial score (nSPS) is 10.5. The van der Waals surface area contributed by atoms with Crippen LogP contribution in [0.25, 0.3) is 16.8 Å². The maximum Gasteiger partial charge on any atom is 0.422 e. The number of hydrogen-bond acceptors (Lipinski definition) is 2. The summed E-state index contributed by atoms with van der Waals surface area (Å²) in [6.45, 7) is 6.01. The Balaban J connectivity index is 0.000000239. The van der Waals surface area contributed by atoms with Gasteiger partial charge in [0.05, 0.1) is 0 Å². The van der Waals surface area contributed by atoms with E-state index in [-0.39, 0.29) is 0 Å². The molecule has 6 heteroatoms. The van der Waals surface area contributed by atoms with E-state index in [1.54, 1.807) is 12.1 Å². The van der Waals surface area contributed by atoms with Crippen molar-refractivity contribution in [2.75, 3.05) is 0 Å². The number of carboxylic acids is 1. The van der Waals surface area contributed by atoms with Crippen molar-refractivity contribution in [2.45, 2.75) is 6.18 Å². The number of halogens is 3. The summed E-state index contributed by atoms with van der Waals surface area (Å²) in [6, 6.07) is 11.3. The van der Waals surface area contributed by atoms with E-state index in [9.17, 15) is 23.1 Å². The van der Waals surface area contributed by atoms with E-state index in [4.69, 9.17) is 5.11 Å². The van der Waals surface area contributed by atoms with Crippen LogP contribution in [0.5, 0.6) is 5.75 Å². The van der Waals surface area contributed by atoms with Crippen molar-refractivity contribution in [1.29, 1.82) is 0 Å². The quantitative estimate of drug-likeness (QED) is 0.809. The van der Waals surface area contributed by atoms with Crippen LogP contribution < -0.4 is 0 Å². The zero-order chi connectivity index (χ0) is 16.9. The molecule has 2 N–H and O–H groups in total. The lowest BCUT2D eigenvalue weighted by Crippen LogP contribution is -2.18. The lowest BCUT2D eigenvalue weighted by atomic mass is 10.1. The summed E-state index contributed by atoms with van der Waals surface area (Å²) in [6.07, 6.45) is -3.00. The number of alkyl halides is 3. The molecule has 2 aromatic rings. The van der Waals surface area contributed by atoms with E-state index in [0.717, 1.165) is 16.3 Å². The van der Waals surface area contributed by atoms with Crippen molar-refractivity contribution in [3.8, 4) is 5.75 Å². The number of carboxylic acid groups (broad SMARTS) is 1. The predicted octanol–water partition coefficient (Wildman–Crippen LogP) is 4.38. The van der Waals surface area contributed by atoms with Crippen molar-refractivity contribution in [3.05, 3.63) is 60.7 Å². The first-order chi connectivity index (χ1) is 10.1. The fraction of sp³-hybridized carbons (Fsp3) is 0.0625. The second-order valence-electron chi connectivity index (χ2n) is 4.28. The third kappa shape index (κ3) is 4.66. The molecule has 0 spiro atoms. The van der Waals surface area contributed by atoms with Gasteiger partial charge in [0.1, 0.15) is 11.3 Å². The lowest BCUT2D eigenvalue weighted by Gasteiger charge is -2.02. The summed E-state index contributed by atoms with van der Waals surface area (Å²) in [5.41, 5.74) is -0.652. The molecule has 0 heterocycles. The number of benzene rings is 2. The first-order valence-electron chi connectivity index (χ1n) is 5.99. The molecule has 116 valence electrons. The van der Waals surface area contributed by atoms with Crippen LogP contribution in [0.15, 0.2) is 55.1 Å². The molecule has 0 saturated heterocycles. The number of hydrogen-bond donors (Lipinski definition) is 2. The van der Waals surface area contributed by atoms with E-state index in [1.165, 1.54) is 0 Å². The molecule has 2 rings (SSSR count). The van der Waals surface area contributed by atoms with Crippen molar-refractivity contribution >= 4 is 22.8 Å². The van der Waals surface area contributed by atoms with Gasteiger partial charge in [0.15, 0.2) is 0 Å². The van der Waals surface area contributed by atoms with Crippen molar-refractivity contribution in [1.82, 2.24) is 0 Å². The fourth-order valence-electron chi connectivity index (χ4n) is 1.50. The van der Waals surface area contributed by atoms with Gasteiger partial charge in [-0.3, -0.25) is 0 Å². The molecule has 22 heavy (non-hydrogen) atoms. The van der Waals surface area contributed by atoms with Gasteiger partial charge in [-0.15, -0.1) is 0 Å². The van der Waals surface area contributed by atoms with Crippen LogP contribution in [0, 0.1) is 0 Å². The number of phenolic OH excluding ortho intramolecular Hbond substituents is 1. The minimum Gasteiger partial charge on any atom is -0.508 e. The maximum atomic E-state index is 11.2. The highest BCUT2D eigenvalue weighted by atomic mass is 19.4. The van der Waals surface area contributed by atoms with Gasteiger partial charge >= 0.3 is 12.1 Å². The predicted molar refractivity (Wildman–Crippen MR) is 78.5 cm³/mol. The van der Waals surface area contributed by atoms with Gasteiger partial charge in [-0.05, 0) is 34.5 Å². The van der Waals surface area contributed by atoms with Gasteiger partial charge in [-0.25, -0.2) is 4.79 Å². The number of aromatic hydroxyl groups is 1. The van der Waals surface area contributed by atoms with Crippen LogP contribution in [0.4, 0.5) is 13.2 Å². The molecular formula is C16H13F3O3. The van der Waals surface area contributed by atoms with Gasteiger partial charge < -0.3 is 10.2 Å². The highest BCUT2D eigenvalue weighted by molar-refractivity contribution is 5.87. The summed E-state index contributed by atoms with van der Waals surface area (Å²) in [4.78, 5) is 9.53. The molecule has 0 amide bonds. The smallest absolute Gasteiger partial charge is 0.422 e. The highest BCUT2D eigenvalue weighted by Gasteiger charge is 2.36. The zero-order valence-electron chi connectivity index (χ0n) is 11.4. The van der Waals surface area contributed by atoms with Crippen LogP contribution in [-0.2, 0) is 4.79 Å². The summed E-state index contributed by atoms with van der Waals surface area (Å²) in [7, 11) is 0. The summed E-state index contributed by atoms with van der Waals surface area (Å²) in [5, 5.41) is 19.1. The van der Waals surface area contributed by atoms with Gasteiger partial charge in [0, 0.05) is 0 Å². The monoisotopic (exact) mass is 310 g/mol. The Morgan fingerprint density at radius 3 is 2.09 bits per heavy atom. The Kier molecular flexibility index (Phi) is 5.34. The second-order valence-corrected chi connectivity index (χ2v) is 4.28. The first-order valence-corrected chi connectivity index (χ1v) is 5.99. The molecule has 0 fully saturated rings. The SMILES string of the molecule is C=C(C(=O)O)C(F)(F)F.C=Cc1ccc2cc(O)ccc2c1. The standard InChI is InChI=1S/C12H10O.C4H3F3O2/c1-2-9-3-4-11-8-12(13)6-5-10(11)7-9;1-2(3(8)9)4(5,6)7/h2-8,13H,1H2;1H2,(H,8,9). The second kappa shape index (κ2) is 6.80. The van der Waals surface area contributed by atoms with Gasteiger partial charge in [0.25, 0.3) is 0 Å². The maximum absolute atomic E-state index is 11.2. The molecule has 0 aromatic heterocycles. The number of carbonyl (C=O) groups is 1. The molecule has 0 saturated carbocycles. The van der Waals surface area contributed by atoms with Crippen molar-refractivity contribution < 1.29 is 28.2 Å². The summed E-state index contributed by atoms with van der Waals surface area (Å²) >= 11 is 0. The molecule has 0 bridgehead atoms. The average molecular weight is 310 g/mol. The van der Waals surface area contributed by atoms with E-state index in [2.05, 4.69) is 13.2 Å². The van der Waals surface area contributed by atoms with E-state index >= 15 is 0 Å². The number of aliphatic carboxylic acids is 1. The third-order valence-electron chi connectivity index (χ3n) is 2.68. The van der Waals surface area contributed by atoms with Crippen molar-refractivity contribution in [2.24, 2.45) is 0 Å². The third-order valence-corrected chi connectivity index (χ3v) is 2.68. The highest BCUT2D eigenvalue weighted by Crippen LogP contribution is 2.23. The van der Waals surface area contributed by atoms with Gasteiger partial charge in [-0.1, -0.05) is 37.4 Å². The molecule has 3 nitrogen and oxygen atoms in total. The van der Waals surface area contributed by atoms with Gasteiger partial charge in [-0.2, -0.15) is 13.2 Å². The number of fused-ring (bicyclic) bond motifs is 1. The van der Waals surface area contributed by atoms with Crippen molar-refractivity contribution in [3.63, 3.8) is 0 Å². The van der Waals surface area contributed by atoms with Crippen LogP contribution in [0.1, 0.15) is 5.56 Å². The Bertz CT molecular complexity index is 718. The Hall–Kier alpha value is -2.76. The Morgan fingerprint density at radius 1 is 1.09 bits per heavy atom. The first kappa shape index (κ1) is 17.3. The molecular weight excluding hydrogens is 297 g/mol. The molecule has 0 unspecified atom stereocenters. The molecule has 0 atom stereocenters. The minimum absolute atomic E-state index is 0.304. The Morgan fingerprint density at radius 2 is 1.64 bits per heavy atom.